The number of rotatable bonds is 14. The van der Waals surface area contributed by atoms with Crippen LogP contribution in [0.4, 0.5) is 0 Å². The molecule has 1 fully saturated rings. The second-order valence-electron chi connectivity index (χ2n) is 8.26. The first-order chi connectivity index (χ1) is 16.1. The van der Waals surface area contributed by atoms with E-state index in [9.17, 15) is 29.6 Å². The van der Waals surface area contributed by atoms with Gasteiger partial charge in [-0.25, -0.2) is 10.1 Å². The number of hydrogen-bond donors (Lipinski definition) is 6. The van der Waals surface area contributed by atoms with Crippen molar-refractivity contribution < 1.29 is 39.8 Å². The van der Waals surface area contributed by atoms with Crippen molar-refractivity contribution in [2.75, 3.05) is 26.3 Å². The Morgan fingerprint density at radius 3 is 1.47 bits per heavy atom. The van der Waals surface area contributed by atoms with Crippen molar-refractivity contribution in [2.45, 2.75) is 64.5 Å². The number of hydroxylamine groups is 4. The van der Waals surface area contributed by atoms with Crippen molar-refractivity contribution in [1.82, 2.24) is 20.8 Å². The first-order valence-electron chi connectivity index (χ1n) is 11.3. The van der Waals surface area contributed by atoms with Crippen molar-refractivity contribution in [1.29, 1.82) is 0 Å². The van der Waals surface area contributed by atoms with Crippen LogP contribution in [0.1, 0.15) is 52.4 Å². The molecular weight excluding hydrogens is 448 g/mol. The number of hydrogen-bond acceptors (Lipinski definition) is 8. The number of amides is 4. The Labute approximate surface area is 198 Å². The van der Waals surface area contributed by atoms with E-state index in [4.69, 9.17) is 10.2 Å². The highest BCUT2D eigenvalue weighted by atomic mass is 16.5. The summed E-state index contributed by atoms with van der Waals surface area (Å²) in [7, 11) is 0. The second kappa shape index (κ2) is 15.2. The maximum absolute atomic E-state index is 12.3. The van der Waals surface area contributed by atoms with Gasteiger partial charge in [-0.15, -0.1) is 0 Å². The molecule has 34 heavy (non-hydrogen) atoms. The molecule has 0 saturated carbocycles. The highest BCUT2D eigenvalue weighted by molar-refractivity contribution is 5.96. The van der Waals surface area contributed by atoms with Gasteiger partial charge in [-0.05, 0) is 52.4 Å². The van der Waals surface area contributed by atoms with E-state index < -0.39 is 35.7 Å². The number of nitrogens with one attached hydrogen (secondary N) is 2. The van der Waals surface area contributed by atoms with E-state index in [1.807, 2.05) is 0 Å². The normalized spacial score (nSPS) is 18.9. The van der Waals surface area contributed by atoms with Gasteiger partial charge >= 0.3 is 0 Å². The molecule has 1 heterocycles. The number of aliphatic hydroxyl groups is 2. The monoisotopic (exact) mass is 484 g/mol. The lowest BCUT2D eigenvalue weighted by atomic mass is 10.0. The molecule has 192 valence electrons. The van der Waals surface area contributed by atoms with Crippen LogP contribution < -0.4 is 10.6 Å². The Morgan fingerprint density at radius 2 is 1.15 bits per heavy atom. The van der Waals surface area contributed by atoms with Crippen LogP contribution in [0, 0.1) is 0 Å². The minimum Gasteiger partial charge on any atom is -0.396 e. The molecule has 0 aromatic carbocycles. The van der Waals surface area contributed by atoms with Crippen LogP contribution in [0.3, 0.4) is 0 Å². The van der Waals surface area contributed by atoms with Gasteiger partial charge in [0.1, 0.15) is 12.1 Å². The van der Waals surface area contributed by atoms with Crippen molar-refractivity contribution in [3.63, 3.8) is 0 Å². The summed E-state index contributed by atoms with van der Waals surface area (Å²) in [6.07, 6.45) is 4.06. The van der Waals surface area contributed by atoms with Gasteiger partial charge in [0.2, 0.25) is 11.8 Å². The Kier molecular flexibility index (Phi) is 13.0. The third kappa shape index (κ3) is 10.4. The molecule has 1 aliphatic rings. The Bertz CT molecular complexity index is 719. The molecule has 12 heteroatoms. The van der Waals surface area contributed by atoms with E-state index in [1.54, 1.807) is 13.8 Å². The van der Waals surface area contributed by atoms with E-state index in [0.717, 1.165) is 0 Å². The SMILES string of the molecule is CC(=CC(=O)N(O)CCCC1NC(=O)C(CCCN(O)C(=O)C=C(C)CCO)NC1=O)CCO. The van der Waals surface area contributed by atoms with E-state index in [0.29, 0.717) is 34.1 Å². The number of carbonyl (C=O) groups is 4. The summed E-state index contributed by atoms with van der Waals surface area (Å²) in [5.74, 6) is -2.03. The molecule has 2 atom stereocenters. The molecule has 1 rings (SSSR count). The fourth-order valence-electron chi connectivity index (χ4n) is 3.26. The fraction of sp³-hybridized carbons (Fsp3) is 0.636. The highest BCUT2D eigenvalue weighted by Gasteiger charge is 2.33. The van der Waals surface area contributed by atoms with Gasteiger partial charge in [0.15, 0.2) is 0 Å². The van der Waals surface area contributed by atoms with Crippen molar-refractivity contribution in [2.24, 2.45) is 0 Å². The van der Waals surface area contributed by atoms with Crippen LogP contribution in [-0.4, -0.2) is 92.8 Å². The van der Waals surface area contributed by atoms with Gasteiger partial charge in [0, 0.05) is 38.5 Å². The number of piperazine rings is 1. The minimum absolute atomic E-state index is 0.0304. The van der Waals surface area contributed by atoms with Crippen LogP contribution in [0.25, 0.3) is 0 Å². The number of nitrogens with zero attached hydrogens (tertiary/aromatic N) is 2. The molecule has 0 spiro atoms. The Morgan fingerprint density at radius 1 is 0.794 bits per heavy atom. The average molecular weight is 485 g/mol. The molecule has 0 radical (unpaired) electrons. The van der Waals surface area contributed by atoms with E-state index in [2.05, 4.69) is 10.6 Å². The predicted molar refractivity (Wildman–Crippen MR) is 120 cm³/mol. The lowest BCUT2D eigenvalue weighted by Crippen LogP contribution is -2.61. The van der Waals surface area contributed by atoms with Crippen LogP contribution in [0.15, 0.2) is 23.3 Å². The molecule has 1 saturated heterocycles. The molecular formula is C22H36N4O8. The zero-order chi connectivity index (χ0) is 25.7. The standard InChI is InChI=1S/C22H36N4O8/c1-15(7-11-27)13-19(29)25(33)9-3-5-17-21(31)24-18(22(32)23-17)6-4-10-26(34)20(30)14-16(2)8-12-28/h13-14,17-18,27-28,33-34H,3-12H2,1-2H3,(H,23,32)(H,24,31). The van der Waals surface area contributed by atoms with Crippen LogP contribution in [0.5, 0.6) is 0 Å². The van der Waals surface area contributed by atoms with E-state index in [-0.39, 0.29) is 52.0 Å². The molecule has 0 aliphatic carbocycles. The molecule has 12 nitrogen and oxygen atoms in total. The quantitative estimate of drug-likeness (QED) is 0.110. The molecule has 0 bridgehead atoms. The summed E-state index contributed by atoms with van der Waals surface area (Å²) < 4.78 is 0. The molecule has 2 unspecified atom stereocenters. The minimum atomic E-state index is -0.797. The summed E-state index contributed by atoms with van der Waals surface area (Å²) in [5.41, 5.74) is 1.25. The van der Waals surface area contributed by atoms with Crippen molar-refractivity contribution in [3.8, 4) is 0 Å². The fourth-order valence-corrected chi connectivity index (χ4v) is 3.26. The topological polar surface area (TPSA) is 180 Å². The molecule has 6 N–H and O–H groups in total. The lowest BCUT2D eigenvalue weighted by Gasteiger charge is -2.30. The number of aliphatic hydroxyl groups excluding tert-OH is 2. The number of carbonyl (C=O) groups excluding carboxylic acids is 4. The van der Waals surface area contributed by atoms with Gasteiger partial charge in [-0.1, -0.05) is 11.1 Å². The first-order valence-corrected chi connectivity index (χ1v) is 11.3. The Hall–Kier alpha value is -2.80. The summed E-state index contributed by atoms with van der Waals surface area (Å²) in [6.45, 7) is 3.06. The molecule has 0 aromatic heterocycles. The van der Waals surface area contributed by atoms with Crippen molar-refractivity contribution in [3.05, 3.63) is 23.3 Å². The summed E-state index contributed by atoms with van der Waals surface area (Å²) >= 11 is 0. The zero-order valence-electron chi connectivity index (χ0n) is 19.7. The average Bonchev–Trinajstić information content (AvgIpc) is 2.76. The predicted octanol–water partition coefficient (Wildman–Crippen LogP) is -0.377. The maximum Gasteiger partial charge on any atom is 0.269 e. The second-order valence-corrected chi connectivity index (χ2v) is 8.26. The Balaban J connectivity index is 2.40. The summed E-state index contributed by atoms with van der Waals surface area (Å²) in [6, 6.07) is -1.59. The van der Waals surface area contributed by atoms with Crippen LogP contribution in [0.2, 0.25) is 0 Å². The van der Waals surface area contributed by atoms with Gasteiger partial charge in [0.25, 0.3) is 11.8 Å². The highest BCUT2D eigenvalue weighted by Crippen LogP contribution is 2.10. The van der Waals surface area contributed by atoms with Gasteiger partial charge in [0.05, 0.1) is 0 Å². The summed E-state index contributed by atoms with van der Waals surface area (Å²) in [4.78, 5) is 48.4. The molecule has 4 amide bonds. The summed E-state index contributed by atoms with van der Waals surface area (Å²) in [5, 5.41) is 43.6. The third-order valence-electron chi connectivity index (χ3n) is 5.25. The molecule has 1 aliphatic heterocycles. The lowest BCUT2D eigenvalue weighted by molar-refractivity contribution is -0.160. The zero-order valence-corrected chi connectivity index (χ0v) is 19.7. The van der Waals surface area contributed by atoms with E-state index >= 15 is 0 Å². The molecule has 0 aromatic rings. The third-order valence-corrected chi connectivity index (χ3v) is 5.25. The van der Waals surface area contributed by atoms with Crippen LogP contribution >= 0.6 is 0 Å². The smallest absolute Gasteiger partial charge is 0.269 e. The maximum atomic E-state index is 12.3. The first kappa shape index (κ1) is 29.2. The van der Waals surface area contributed by atoms with Crippen molar-refractivity contribution >= 4 is 23.6 Å². The van der Waals surface area contributed by atoms with Gasteiger partial charge in [-0.2, -0.15) is 0 Å². The van der Waals surface area contributed by atoms with Gasteiger partial charge < -0.3 is 20.8 Å². The van der Waals surface area contributed by atoms with Crippen LogP contribution in [-0.2, 0) is 19.2 Å². The largest absolute Gasteiger partial charge is 0.396 e. The van der Waals surface area contributed by atoms with Gasteiger partial charge in [-0.3, -0.25) is 29.6 Å². The van der Waals surface area contributed by atoms with E-state index in [1.165, 1.54) is 12.2 Å².